The average Bonchev–Trinajstić information content (AvgIpc) is 2.63. The number of anilines is 1. The van der Waals surface area contributed by atoms with Crippen molar-refractivity contribution in [1.29, 1.82) is 0 Å². The van der Waals surface area contributed by atoms with E-state index in [-0.39, 0.29) is 17.6 Å². The molecule has 2 aliphatic rings. The Morgan fingerprint density at radius 3 is 2.58 bits per heavy atom. The number of benzene rings is 1. The lowest BCUT2D eigenvalue weighted by Crippen LogP contribution is -2.14. The number of ketones is 1. The zero-order valence-corrected chi connectivity index (χ0v) is 11.1. The molecule has 0 aromatic heterocycles. The molecule has 1 aliphatic carbocycles. The highest BCUT2D eigenvalue weighted by atomic mass is 16.1. The van der Waals surface area contributed by atoms with Crippen molar-refractivity contribution >= 4 is 17.4 Å². The van der Waals surface area contributed by atoms with Crippen LogP contribution in [0.2, 0.25) is 0 Å². The summed E-state index contributed by atoms with van der Waals surface area (Å²) in [4.78, 5) is 23.9. The van der Waals surface area contributed by atoms with E-state index < -0.39 is 0 Å². The molecule has 1 aromatic rings. The summed E-state index contributed by atoms with van der Waals surface area (Å²) in [5, 5.41) is 2.80. The highest BCUT2D eigenvalue weighted by molar-refractivity contribution is 6.02. The van der Waals surface area contributed by atoms with Crippen molar-refractivity contribution in [2.75, 3.05) is 5.32 Å². The second kappa shape index (κ2) is 5.16. The Morgan fingerprint density at radius 1 is 1.11 bits per heavy atom. The van der Waals surface area contributed by atoms with Gasteiger partial charge in [-0.05, 0) is 36.6 Å². The van der Waals surface area contributed by atoms with Crippen LogP contribution in [0.25, 0.3) is 0 Å². The standard InChI is InChI=1S/C16H19NO2/c18-15-10-13-9-12(7-8-14(13)17-15)16(19)11-5-3-1-2-4-6-11/h7-9,11H,1-6,10H2,(H,17,18). The summed E-state index contributed by atoms with van der Waals surface area (Å²) in [5.74, 6) is 0.476. The minimum Gasteiger partial charge on any atom is -0.326 e. The first-order valence-corrected chi connectivity index (χ1v) is 7.21. The van der Waals surface area contributed by atoms with Gasteiger partial charge in [0.05, 0.1) is 6.42 Å². The molecule has 3 nitrogen and oxygen atoms in total. The van der Waals surface area contributed by atoms with E-state index in [9.17, 15) is 9.59 Å². The third-order valence-electron chi connectivity index (χ3n) is 4.24. The van der Waals surface area contributed by atoms with Gasteiger partial charge in [-0.15, -0.1) is 0 Å². The summed E-state index contributed by atoms with van der Waals surface area (Å²) in [6.07, 6.45) is 7.29. The van der Waals surface area contributed by atoms with Gasteiger partial charge in [0.15, 0.2) is 5.78 Å². The first-order chi connectivity index (χ1) is 9.24. The fourth-order valence-electron chi connectivity index (χ4n) is 3.16. The van der Waals surface area contributed by atoms with Crippen LogP contribution in [0.5, 0.6) is 0 Å². The Labute approximate surface area is 113 Å². The summed E-state index contributed by atoms with van der Waals surface area (Å²) in [7, 11) is 0. The number of hydrogen-bond donors (Lipinski definition) is 1. The fourth-order valence-corrected chi connectivity index (χ4v) is 3.16. The van der Waals surface area contributed by atoms with Crippen molar-refractivity contribution in [3.63, 3.8) is 0 Å². The third-order valence-corrected chi connectivity index (χ3v) is 4.24. The van der Waals surface area contributed by atoms with Crippen LogP contribution in [0.15, 0.2) is 18.2 Å². The minimum absolute atomic E-state index is 0.0223. The van der Waals surface area contributed by atoms with Crippen LogP contribution in [-0.4, -0.2) is 11.7 Å². The van der Waals surface area contributed by atoms with E-state index in [1.165, 1.54) is 25.7 Å². The van der Waals surface area contributed by atoms with Crippen LogP contribution in [0, 0.1) is 5.92 Å². The topological polar surface area (TPSA) is 46.2 Å². The SMILES string of the molecule is O=C1Cc2cc(C(=O)C3CCCCCC3)ccc2N1. The summed E-state index contributed by atoms with van der Waals surface area (Å²) in [5.41, 5.74) is 2.61. The fraction of sp³-hybridized carbons (Fsp3) is 0.500. The van der Waals surface area contributed by atoms with Crippen LogP contribution < -0.4 is 5.32 Å². The lowest BCUT2D eigenvalue weighted by atomic mass is 9.90. The Hall–Kier alpha value is -1.64. The molecule has 0 unspecified atom stereocenters. The molecule has 0 atom stereocenters. The van der Waals surface area contributed by atoms with Crippen molar-refractivity contribution in [3.05, 3.63) is 29.3 Å². The van der Waals surface area contributed by atoms with Gasteiger partial charge in [0, 0.05) is 17.2 Å². The van der Waals surface area contributed by atoms with Crippen molar-refractivity contribution in [2.45, 2.75) is 44.9 Å². The quantitative estimate of drug-likeness (QED) is 0.652. The molecule has 0 radical (unpaired) electrons. The van der Waals surface area contributed by atoms with Gasteiger partial charge >= 0.3 is 0 Å². The zero-order chi connectivity index (χ0) is 13.2. The molecule has 1 saturated carbocycles. The maximum atomic E-state index is 12.5. The molecule has 1 aliphatic heterocycles. The van der Waals surface area contributed by atoms with E-state index in [1.807, 2.05) is 18.2 Å². The summed E-state index contributed by atoms with van der Waals surface area (Å²) >= 11 is 0. The second-order valence-electron chi connectivity index (χ2n) is 5.65. The maximum Gasteiger partial charge on any atom is 0.228 e. The van der Waals surface area contributed by atoms with Gasteiger partial charge in [0.25, 0.3) is 0 Å². The van der Waals surface area contributed by atoms with Gasteiger partial charge < -0.3 is 5.32 Å². The monoisotopic (exact) mass is 257 g/mol. The predicted octanol–water partition coefficient (Wildman–Crippen LogP) is 3.33. The molecule has 1 amide bonds. The number of carbonyl (C=O) groups is 2. The van der Waals surface area contributed by atoms with Crippen LogP contribution in [0.3, 0.4) is 0 Å². The Morgan fingerprint density at radius 2 is 1.84 bits per heavy atom. The third kappa shape index (κ3) is 2.55. The van der Waals surface area contributed by atoms with E-state index in [0.717, 1.165) is 29.7 Å². The zero-order valence-electron chi connectivity index (χ0n) is 11.1. The van der Waals surface area contributed by atoms with E-state index in [4.69, 9.17) is 0 Å². The molecule has 1 N–H and O–H groups in total. The van der Waals surface area contributed by atoms with Crippen molar-refractivity contribution in [1.82, 2.24) is 0 Å². The lowest BCUT2D eigenvalue weighted by Gasteiger charge is -2.13. The molecule has 1 fully saturated rings. The highest BCUT2D eigenvalue weighted by Gasteiger charge is 2.24. The second-order valence-corrected chi connectivity index (χ2v) is 5.65. The maximum absolute atomic E-state index is 12.5. The summed E-state index contributed by atoms with van der Waals surface area (Å²) in [6, 6.07) is 5.63. The number of fused-ring (bicyclic) bond motifs is 1. The molecule has 0 saturated heterocycles. The molecule has 1 aromatic carbocycles. The van der Waals surface area contributed by atoms with Gasteiger partial charge in [0.1, 0.15) is 0 Å². The van der Waals surface area contributed by atoms with Crippen LogP contribution in [0.1, 0.15) is 54.4 Å². The molecule has 1 heterocycles. The van der Waals surface area contributed by atoms with E-state index in [0.29, 0.717) is 6.42 Å². The first kappa shape index (κ1) is 12.4. The van der Waals surface area contributed by atoms with Gasteiger partial charge in [-0.2, -0.15) is 0 Å². The van der Waals surface area contributed by atoms with Crippen LogP contribution in [0.4, 0.5) is 5.69 Å². The summed E-state index contributed by atoms with van der Waals surface area (Å²) in [6.45, 7) is 0. The highest BCUT2D eigenvalue weighted by Crippen LogP contribution is 2.29. The van der Waals surface area contributed by atoms with Gasteiger partial charge in [0.2, 0.25) is 5.91 Å². The molecular weight excluding hydrogens is 238 g/mol. The summed E-state index contributed by atoms with van der Waals surface area (Å²) < 4.78 is 0. The smallest absolute Gasteiger partial charge is 0.228 e. The van der Waals surface area contributed by atoms with Crippen molar-refractivity contribution in [3.8, 4) is 0 Å². The molecule has 100 valence electrons. The van der Waals surface area contributed by atoms with Gasteiger partial charge in [-0.25, -0.2) is 0 Å². The number of Topliss-reactive ketones (excluding diaryl/α,β-unsaturated/α-hetero) is 1. The molecule has 0 bridgehead atoms. The van der Waals surface area contributed by atoms with Gasteiger partial charge in [-0.3, -0.25) is 9.59 Å². The minimum atomic E-state index is 0.0223. The number of nitrogens with one attached hydrogen (secondary N) is 1. The molecule has 3 heteroatoms. The molecule has 0 spiro atoms. The molecular formula is C16H19NO2. The largest absolute Gasteiger partial charge is 0.326 e. The van der Waals surface area contributed by atoms with E-state index >= 15 is 0 Å². The van der Waals surface area contributed by atoms with Crippen LogP contribution >= 0.6 is 0 Å². The number of hydrogen-bond acceptors (Lipinski definition) is 2. The normalized spacial score (nSPS) is 19.7. The molecule has 3 rings (SSSR count). The Bertz CT molecular complexity index is 513. The molecule has 19 heavy (non-hydrogen) atoms. The van der Waals surface area contributed by atoms with Crippen LogP contribution in [-0.2, 0) is 11.2 Å². The van der Waals surface area contributed by atoms with E-state index in [2.05, 4.69) is 5.32 Å². The first-order valence-electron chi connectivity index (χ1n) is 7.21. The Balaban J connectivity index is 1.80. The predicted molar refractivity (Wildman–Crippen MR) is 74.3 cm³/mol. The number of rotatable bonds is 2. The Kier molecular flexibility index (Phi) is 3.36. The van der Waals surface area contributed by atoms with E-state index in [1.54, 1.807) is 0 Å². The average molecular weight is 257 g/mol. The number of amides is 1. The van der Waals surface area contributed by atoms with Crippen molar-refractivity contribution in [2.24, 2.45) is 5.92 Å². The van der Waals surface area contributed by atoms with Gasteiger partial charge in [-0.1, -0.05) is 25.7 Å². The lowest BCUT2D eigenvalue weighted by molar-refractivity contribution is -0.115. The van der Waals surface area contributed by atoms with Crippen molar-refractivity contribution < 1.29 is 9.59 Å². The number of carbonyl (C=O) groups excluding carboxylic acids is 2.